The summed E-state index contributed by atoms with van der Waals surface area (Å²) >= 11 is 1.62. The third kappa shape index (κ3) is 2.62. The van der Waals surface area contributed by atoms with Crippen molar-refractivity contribution in [2.75, 3.05) is 13.7 Å². The van der Waals surface area contributed by atoms with Gasteiger partial charge >= 0.3 is 5.97 Å². The van der Waals surface area contributed by atoms with Crippen LogP contribution < -0.4 is 5.73 Å². The monoisotopic (exact) mass is 289 g/mol. The molecule has 0 amide bonds. The summed E-state index contributed by atoms with van der Waals surface area (Å²) in [4.78, 5) is 12.4. The number of carbonyl (C=O) groups is 1. The molecule has 0 fully saturated rings. The van der Waals surface area contributed by atoms with Crippen molar-refractivity contribution in [1.82, 2.24) is 0 Å². The Kier molecular flexibility index (Phi) is 4.57. The van der Waals surface area contributed by atoms with Crippen molar-refractivity contribution in [2.45, 2.75) is 18.8 Å². The van der Waals surface area contributed by atoms with E-state index in [0.29, 0.717) is 6.42 Å². The van der Waals surface area contributed by atoms with Gasteiger partial charge in [0.2, 0.25) is 0 Å². The fourth-order valence-electron chi connectivity index (χ4n) is 2.59. The topological polar surface area (TPSA) is 52.3 Å². The molecule has 3 nitrogen and oxygen atoms in total. The fourth-order valence-corrected chi connectivity index (χ4v) is 3.26. The maximum absolute atomic E-state index is 12.4. The molecule has 2 aromatic rings. The second-order valence-electron chi connectivity index (χ2n) is 4.90. The number of aryl methyl sites for hydroxylation is 1. The van der Waals surface area contributed by atoms with E-state index in [9.17, 15) is 4.79 Å². The first-order valence-corrected chi connectivity index (χ1v) is 7.44. The van der Waals surface area contributed by atoms with Crippen LogP contribution in [0.5, 0.6) is 0 Å². The van der Waals surface area contributed by atoms with Crippen molar-refractivity contribution in [3.63, 3.8) is 0 Å². The van der Waals surface area contributed by atoms with Crippen LogP contribution in [0.3, 0.4) is 0 Å². The maximum Gasteiger partial charge on any atom is 0.317 e. The number of thiophene rings is 1. The maximum atomic E-state index is 12.4. The van der Waals surface area contributed by atoms with Crippen LogP contribution >= 0.6 is 11.3 Å². The highest BCUT2D eigenvalue weighted by Gasteiger charge is 2.41. The molecule has 0 aliphatic carbocycles. The molecule has 2 rings (SSSR count). The van der Waals surface area contributed by atoms with Gasteiger partial charge in [-0.05, 0) is 46.9 Å². The van der Waals surface area contributed by atoms with Crippen molar-refractivity contribution >= 4 is 17.3 Å². The SMILES string of the molecule is COC(=O)C(CN)(Cc1ccsc1)c1ccccc1C. The zero-order valence-corrected chi connectivity index (χ0v) is 12.6. The molecule has 0 bridgehead atoms. The molecule has 1 aromatic carbocycles. The molecule has 0 saturated carbocycles. The predicted molar refractivity (Wildman–Crippen MR) is 82.0 cm³/mol. The smallest absolute Gasteiger partial charge is 0.317 e. The molecule has 2 N–H and O–H groups in total. The van der Waals surface area contributed by atoms with E-state index >= 15 is 0 Å². The highest BCUT2D eigenvalue weighted by Crippen LogP contribution is 2.32. The third-order valence-electron chi connectivity index (χ3n) is 3.67. The molecule has 0 aliphatic heterocycles. The largest absolute Gasteiger partial charge is 0.468 e. The predicted octanol–water partition coefficient (Wildman–Crippen LogP) is 2.67. The quantitative estimate of drug-likeness (QED) is 0.861. The van der Waals surface area contributed by atoms with Gasteiger partial charge in [-0.15, -0.1) is 0 Å². The van der Waals surface area contributed by atoms with Gasteiger partial charge in [0.25, 0.3) is 0 Å². The number of nitrogens with two attached hydrogens (primary N) is 1. The van der Waals surface area contributed by atoms with Crippen LogP contribution in [-0.4, -0.2) is 19.6 Å². The Morgan fingerprint density at radius 2 is 2.10 bits per heavy atom. The lowest BCUT2D eigenvalue weighted by molar-refractivity contribution is -0.147. The van der Waals surface area contributed by atoms with E-state index in [-0.39, 0.29) is 12.5 Å². The standard InChI is InChI=1S/C16H19NO2S/c1-12-5-3-4-6-14(12)16(11-17,15(18)19-2)9-13-7-8-20-10-13/h3-8,10H,9,11,17H2,1-2H3. The molecule has 0 spiro atoms. The molecule has 106 valence electrons. The van der Waals surface area contributed by atoms with Crippen LogP contribution in [-0.2, 0) is 21.4 Å². The van der Waals surface area contributed by atoms with Crippen molar-refractivity contribution in [1.29, 1.82) is 0 Å². The second kappa shape index (κ2) is 6.20. The highest BCUT2D eigenvalue weighted by atomic mass is 32.1. The number of hydrogen-bond acceptors (Lipinski definition) is 4. The average molecular weight is 289 g/mol. The molecule has 1 aromatic heterocycles. The minimum absolute atomic E-state index is 0.223. The van der Waals surface area contributed by atoms with Crippen LogP contribution in [0, 0.1) is 6.92 Å². The number of carbonyl (C=O) groups excluding carboxylic acids is 1. The normalized spacial score (nSPS) is 13.8. The molecule has 0 saturated heterocycles. The van der Waals surface area contributed by atoms with Gasteiger partial charge in [0.15, 0.2) is 0 Å². The molecule has 20 heavy (non-hydrogen) atoms. The summed E-state index contributed by atoms with van der Waals surface area (Å²) in [6.07, 6.45) is 0.560. The van der Waals surface area contributed by atoms with E-state index in [1.807, 2.05) is 48.0 Å². The molecular weight excluding hydrogens is 270 g/mol. The summed E-state index contributed by atoms with van der Waals surface area (Å²) in [6, 6.07) is 9.88. The Hall–Kier alpha value is -1.65. The van der Waals surface area contributed by atoms with Gasteiger partial charge in [-0.1, -0.05) is 24.3 Å². The number of methoxy groups -OCH3 is 1. The lowest BCUT2D eigenvalue weighted by Crippen LogP contribution is -2.46. The van der Waals surface area contributed by atoms with E-state index < -0.39 is 5.41 Å². The first-order chi connectivity index (χ1) is 9.64. The Balaban J connectivity index is 2.53. The molecule has 0 radical (unpaired) electrons. The Morgan fingerprint density at radius 1 is 1.35 bits per heavy atom. The van der Waals surface area contributed by atoms with Crippen LogP contribution in [0.25, 0.3) is 0 Å². The molecule has 1 unspecified atom stereocenters. The summed E-state index contributed by atoms with van der Waals surface area (Å²) in [5.74, 6) is -0.277. The Morgan fingerprint density at radius 3 is 2.65 bits per heavy atom. The number of rotatable bonds is 5. The van der Waals surface area contributed by atoms with Gasteiger partial charge in [0, 0.05) is 6.54 Å². The van der Waals surface area contributed by atoms with Gasteiger partial charge in [-0.3, -0.25) is 4.79 Å². The first-order valence-electron chi connectivity index (χ1n) is 6.49. The molecule has 4 heteroatoms. The van der Waals surface area contributed by atoms with E-state index in [1.54, 1.807) is 11.3 Å². The number of benzene rings is 1. The Bertz CT molecular complexity index is 580. The van der Waals surface area contributed by atoms with Gasteiger partial charge in [-0.2, -0.15) is 11.3 Å². The van der Waals surface area contributed by atoms with Gasteiger partial charge in [0.1, 0.15) is 5.41 Å². The summed E-state index contributed by atoms with van der Waals surface area (Å²) in [6.45, 7) is 2.22. The summed E-state index contributed by atoms with van der Waals surface area (Å²) in [5, 5.41) is 4.05. The summed E-state index contributed by atoms with van der Waals surface area (Å²) in [5.41, 5.74) is 8.29. The van der Waals surface area contributed by atoms with E-state index in [4.69, 9.17) is 10.5 Å². The third-order valence-corrected chi connectivity index (χ3v) is 4.40. The van der Waals surface area contributed by atoms with Gasteiger partial charge in [0.05, 0.1) is 7.11 Å². The van der Waals surface area contributed by atoms with Crippen LogP contribution in [0.1, 0.15) is 16.7 Å². The molecular formula is C16H19NO2S. The van der Waals surface area contributed by atoms with Crippen molar-refractivity contribution < 1.29 is 9.53 Å². The van der Waals surface area contributed by atoms with Crippen LogP contribution in [0.2, 0.25) is 0 Å². The molecule has 0 aliphatic rings. The van der Waals surface area contributed by atoms with E-state index in [0.717, 1.165) is 16.7 Å². The number of hydrogen-bond donors (Lipinski definition) is 1. The second-order valence-corrected chi connectivity index (χ2v) is 5.68. The first kappa shape index (κ1) is 14.8. The van der Waals surface area contributed by atoms with Crippen molar-refractivity contribution in [2.24, 2.45) is 5.73 Å². The average Bonchev–Trinajstić information content (AvgIpc) is 2.97. The van der Waals surface area contributed by atoms with Crippen molar-refractivity contribution in [3.8, 4) is 0 Å². The molecule has 1 atom stereocenters. The minimum atomic E-state index is -0.818. The Labute approximate surface area is 123 Å². The lowest BCUT2D eigenvalue weighted by Gasteiger charge is -2.31. The zero-order valence-electron chi connectivity index (χ0n) is 11.8. The number of ether oxygens (including phenoxy) is 1. The van der Waals surface area contributed by atoms with Gasteiger partial charge in [-0.25, -0.2) is 0 Å². The van der Waals surface area contributed by atoms with Crippen molar-refractivity contribution in [3.05, 3.63) is 57.8 Å². The summed E-state index contributed by atoms with van der Waals surface area (Å²) in [7, 11) is 1.42. The highest BCUT2D eigenvalue weighted by molar-refractivity contribution is 7.07. The number of esters is 1. The summed E-state index contributed by atoms with van der Waals surface area (Å²) < 4.78 is 5.05. The molecule has 1 heterocycles. The van der Waals surface area contributed by atoms with Crippen LogP contribution in [0.4, 0.5) is 0 Å². The minimum Gasteiger partial charge on any atom is -0.468 e. The van der Waals surface area contributed by atoms with Gasteiger partial charge < -0.3 is 10.5 Å². The van der Waals surface area contributed by atoms with Crippen LogP contribution in [0.15, 0.2) is 41.1 Å². The van der Waals surface area contributed by atoms with E-state index in [2.05, 4.69) is 0 Å². The fraction of sp³-hybridized carbons (Fsp3) is 0.312. The zero-order chi connectivity index (χ0) is 14.6. The van der Waals surface area contributed by atoms with E-state index in [1.165, 1.54) is 7.11 Å². The lowest BCUT2D eigenvalue weighted by atomic mass is 9.74.